The third kappa shape index (κ3) is 5.74. The van der Waals surface area contributed by atoms with E-state index in [0.29, 0.717) is 17.7 Å². The van der Waals surface area contributed by atoms with Crippen LogP contribution >= 0.6 is 23.4 Å². The number of anilines is 1. The first-order valence-electron chi connectivity index (χ1n) is 10.9. The third-order valence-electron chi connectivity index (χ3n) is 5.57. The van der Waals surface area contributed by atoms with Gasteiger partial charge in [-0.05, 0) is 61.7 Å². The van der Waals surface area contributed by atoms with Crippen LogP contribution in [-0.2, 0) is 11.0 Å². The number of carbonyl (C=O) groups excluding carboxylic acids is 1. The van der Waals surface area contributed by atoms with Gasteiger partial charge in [0, 0.05) is 17.8 Å². The van der Waals surface area contributed by atoms with Gasteiger partial charge in [-0.25, -0.2) is 9.67 Å². The summed E-state index contributed by atoms with van der Waals surface area (Å²) in [5, 5.41) is 7.59. The number of thioether (sulfide) groups is 1. The number of amides is 1. The summed E-state index contributed by atoms with van der Waals surface area (Å²) in [6.45, 7) is 6.10. The van der Waals surface area contributed by atoms with Gasteiger partial charge in [-0.15, -0.1) is 0 Å². The smallest absolute Gasteiger partial charge is 0.310 e. The fraction of sp³-hybridized carbons (Fsp3) is 0.192. The summed E-state index contributed by atoms with van der Waals surface area (Å²) in [4.78, 5) is 16.6. The summed E-state index contributed by atoms with van der Waals surface area (Å²) < 4.78 is 40.2. The van der Waals surface area contributed by atoms with E-state index in [1.807, 2.05) is 44.2 Å². The number of aryl methyl sites for hydroxylation is 3. The second-order valence-corrected chi connectivity index (χ2v) is 9.63. The first-order chi connectivity index (χ1) is 17.0. The molecule has 1 N–H and O–H groups in total. The van der Waals surface area contributed by atoms with Crippen LogP contribution < -0.4 is 5.32 Å². The van der Waals surface area contributed by atoms with Crippen LogP contribution in [0.2, 0.25) is 5.02 Å². The van der Waals surface area contributed by atoms with Crippen molar-refractivity contribution in [3.63, 3.8) is 0 Å². The monoisotopic (exact) mass is 530 g/mol. The lowest BCUT2D eigenvalue weighted by molar-refractivity contribution is -0.137. The maximum atomic E-state index is 12.8. The lowest BCUT2D eigenvalue weighted by Gasteiger charge is -2.10. The minimum atomic E-state index is -4.54. The van der Waals surface area contributed by atoms with Gasteiger partial charge in [-0.1, -0.05) is 47.6 Å². The highest BCUT2D eigenvalue weighted by atomic mass is 35.5. The Hall–Kier alpha value is -3.30. The van der Waals surface area contributed by atoms with E-state index >= 15 is 0 Å². The predicted octanol–water partition coefficient (Wildman–Crippen LogP) is 7.26. The fourth-order valence-corrected chi connectivity index (χ4v) is 4.60. The van der Waals surface area contributed by atoms with Crippen molar-refractivity contribution in [3.8, 4) is 16.9 Å². The molecule has 2 aromatic heterocycles. The number of carbonyl (C=O) groups is 1. The molecule has 0 atom stereocenters. The van der Waals surface area contributed by atoms with E-state index in [-0.39, 0.29) is 21.7 Å². The molecular formula is C26H22ClF3N4OS. The largest absolute Gasteiger partial charge is 0.417 e. The van der Waals surface area contributed by atoms with Crippen molar-refractivity contribution in [1.82, 2.24) is 14.8 Å². The van der Waals surface area contributed by atoms with Crippen LogP contribution in [0.5, 0.6) is 0 Å². The van der Waals surface area contributed by atoms with Gasteiger partial charge in [-0.2, -0.15) is 18.3 Å². The summed E-state index contributed by atoms with van der Waals surface area (Å²) in [6.07, 6.45) is -3.84. The Kier molecular flexibility index (Phi) is 7.42. The van der Waals surface area contributed by atoms with E-state index in [2.05, 4.69) is 29.4 Å². The maximum absolute atomic E-state index is 12.8. The quantitative estimate of drug-likeness (QED) is 0.266. The Bertz CT molecular complexity index is 1420. The molecule has 0 aliphatic carbocycles. The van der Waals surface area contributed by atoms with E-state index in [1.54, 1.807) is 10.7 Å². The third-order valence-corrected chi connectivity index (χ3v) is 6.97. The Morgan fingerprint density at radius 3 is 2.39 bits per heavy atom. The molecule has 5 nitrogen and oxygen atoms in total. The SMILES string of the molecule is Cc1cc(C)c(-c2cc(NC(=O)CSc3ncc(C(F)(F)F)cc3Cl)n(-c3ccccc3)n2)cc1C. The number of aromatic nitrogens is 3. The van der Waals surface area contributed by atoms with Crippen molar-refractivity contribution in [1.29, 1.82) is 0 Å². The molecule has 0 spiro atoms. The lowest BCUT2D eigenvalue weighted by atomic mass is 9.99. The average molecular weight is 531 g/mol. The molecule has 4 aromatic rings. The fourth-order valence-electron chi connectivity index (χ4n) is 3.60. The minimum absolute atomic E-state index is 0.101. The van der Waals surface area contributed by atoms with Crippen LogP contribution in [0.1, 0.15) is 22.3 Å². The van der Waals surface area contributed by atoms with Crippen molar-refractivity contribution in [2.45, 2.75) is 32.0 Å². The zero-order chi connectivity index (χ0) is 26.0. The molecule has 0 fully saturated rings. The molecule has 2 aromatic carbocycles. The van der Waals surface area contributed by atoms with E-state index < -0.39 is 11.7 Å². The number of hydrogen-bond donors (Lipinski definition) is 1. The molecule has 186 valence electrons. The van der Waals surface area contributed by atoms with Crippen molar-refractivity contribution < 1.29 is 18.0 Å². The van der Waals surface area contributed by atoms with Crippen molar-refractivity contribution in [2.24, 2.45) is 0 Å². The van der Waals surface area contributed by atoms with Gasteiger partial charge >= 0.3 is 6.18 Å². The van der Waals surface area contributed by atoms with E-state index in [4.69, 9.17) is 16.7 Å². The second-order valence-electron chi connectivity index (χ2n) is 8.26. The molecule has 0 aliphatic rings. The molecule has 0 aliphatic heterocycles. The molecule has 2 heterocycles. The molecule has 0 bridgehead atoms. The van der Waals surface area contributed by atoms with Crippen LogP contribution in [-0.4, -0.2) is 26.4 Å². The number of nitrogens with one attached hydrogen (secondary N) is 1. The number of nitrogens with zero attached hydrogens (tertiary/aromatic N) is 3. The minimum Gasteiger partial charge on any atom is -0.310 e. The predicted molar refractivity (Wildman–Crippen MR) is 137 cm³/mol. The summed E-state index contributed by atoms with van der Waals surface area (Å²) in [7, 11) is 0. The van der Waals surface area contributed by atoms with E-state index in [1.165, 1.54) is 5.56 Å². The molecule has 4 rings (SSSR count). The lowest BCUT2D eigenvalue weighted by Crippen LogP contribution is -2.17. The molecule has 0 unspecified atom stereocenters. The van der Waals surface area contributed by atoms with Gasteiger partial charge in [-0.3, -0.25) is 4.79 Å². The van der Waals surface area contributed by atoms with Crippen LogP contribution in [0.15, 0.2) is 65.8 Å². The van der Waals surface area contributed by atoms with Crippen molar-refractivity contribution in [3.05, 3.63) is 88.1 Å². The Morgan fingerprint density at radius 1 is 1.03 bits per heavy atom. The van der Waals surface area contributed by atoms with Crippen LogP contribution in [0.4, 0.5) is 19.0 Å². The molecule has 0 saturated heterocycles. The van der Waals surface area contributed by atoms with Crippen LogP contribution in [0.25, 0.3) is 16.9 Å². The molecule has 10 heteroatoms. The Labute approximate surface area is 215 Å². The second kappa shape index (κ2) is 10.4. The molecule has 1 amide bonds. The van der Waals surface area contributed by atoms with Crippen LogP contribution in [0, 0.1) is 20.8 Å². The summed E-state index contributed by atoms with van der Waals surface area (Å²) in [5.41, 5.74) is 4.86. The first-order valence-corrected chi connectivity index (χ1v) is 12.3. The highest BCUT2D eigenvalue weighted by molar-refractivity contribution is 8.00. The number of halogens is 4. The standard InChI is InChI=1S/C26H22ClF3N4OS/c1-15-9-17(3)20(10-16(15)2)22-12-23(34(33-22)19-7-5-4-6-8-19)32-24(35)14-36-25-21(27)11-18(13-31-25)26(28,29)30/h4-13H,14H2,1-3H3,(H,32,35). The zero-order valence-corrected chi connectivity index (χ0v) is 21.2. The topological polar surface area (TPSA) is 59.8 Å². The summed E-state index contributed by atoms with van der Waals surface area (Å²) in [5.74, 6) is -0.0140. The molecule has 36 heavy (non-hydrogen) atoms. The summed E-state index contributed by atoms with van der Waals surface area (Å²) in [6, 6.07) is 16.2. The molecule has 0 radical (unpaired) electrons. The van der Waals surface area contributed by atoms with Crippen molar-refractivity contribution in [2.75, 3.05) is 11.1 Å². The first kappa shape index (κ1) is 25.8. The number of pyridine rings is 1. The Morgan fingerprint density at radius 2 is 1.72 bits per heavy atom. The van der Waals surface area contributed by atoms with E-state index in [0.717, 1.165) is 40.2 Å². The van der Waals surface area contributed by atoms with Gasteiger partial charge in [0.05, 0.1) is 27.7 Å². The number of hydrogen-bond acceptors (Lipinski definition) is 4. The van der Waals surface area contributed by atoms with Gasteiger partial charge in [0.15, 0.2) is 0 Å². The van der Waals surface area contributed by atoms with E-state index in [9.17, 15) is 18.0 Å². The van der Waals surface area contributed by atoms with Gasteiger partial charge < -0.3 is 5.32 Å². The Balaban J connectivity index is 1.58. The zero-order valence-electron chi connectivity index (χ0n) is 19.7. The normalized spacial score (nSPS) is 11.5. The van der Waals surface area contributed by atoms with Gasteiger partial charge in [0.2, 0.25) is 5.91 Å². The van der Waals surface area contributed by atoms with Gasteiger partial charge in [0.25, 0.3) is 0 Å². The number of benzene rings is 2. The highest BCUT2D eigenvalue weighted by Gasteiger charge is 2.31. The average Bonchev–Trinajstić information content (AvgIpc) is 3.23. The van der Waals surface area contributed by atoms with Gasteiger partial charge in [0.1, 0.15) is 10.8 Å². The number of rotatable bonds is 6. The maximum Gasteiger partial charge on any atom is 0.417 e. The molecular weight excluding hydrogens is 509 g/mol. The van der Waals surface area contributed by atoms with Crippen LogP contribution in [0.3, 0.4) is 0 Å². The van der Waals surface area contributed by atoms with Crippen molar-refractivity contribution >= 4 is 35.1 Å². The number of alkyl halides is 3. The number of para-hydroxylation sites is 1. The molecule has 0 saturated carbocycles. The summed E-state index contributed by atoms with van der Waals surface area (Å²) >= 11 is 6.92. The highest BCUT2D eigenvalue weighted by Crippen LogP contribution is 2.34.